The number of sulfonamides is 1. The molecule has 0 heterocycles. The van der Waals surface area contributed by atoms with Gasteiger partial charge in [0.15, 0.2) is 0 Å². The maximum atomic E-state index is 12.1. The number of nitrogens with two attached hydrogens (primary N) is 1. The third kappa shape index (κ3) is 8.84. The Kier molecular flexibility index (Phi) is 10.3. The van der Waals surface area contributed by atoms with Gasteiger partial charge in [-0.05, 0) is 25.2 Å². The lowest BCUT2D eigenvalue weighted by Gasteiger charge is -2.31. The summed E-state index contributed by atoms with van der Waals surface area (Å²) in [7, 11) is -3.25. The van der Waals surface area contributed by atoms with Gasteiger partial charge in [-0.25, -0.2) is 13.1 Å². The first kappa shape index (κ1) is 21.5. The first-order valence-electron chi connectivity index (χ1n) is 6.89. The Labute approximate surface area is 125 Å². The fourth-order valence-corrected chi connectivity index (χ4v) is 4.41. The molecule has 0 aliphatic rings. The molecule has 0 aliphatic carbocycles. The van der Waals surface area contributed by atoms with E-state index in [0.717, 1.165) is 19.3 Å². The van der Waals surface area contributed by atoms with Crippen LogP contribution in [0.2, 0.25) is 0 Å². The summed E-state index contributed by atoms with van der Waals surface area (Å²) in [6.45, 7) is 10.4. The van der Waals surface area contributed by atoms with Gasteiger partial charge in [0, 0.05) is 12.1 Å². The Balaban J connectivity index is 0. The summed E-state index contributed by atoms with van der Waals surface area (Å²) in [6, 6.07) is 0. The van der Waals surface area contributed by atoms with E-state index in [9.17, 15) is 8.42 Å². The number of rotatable bonds is 9. The highest BCUT2D eigenvalue weighted by Gasteiger charge is 2.30. The zero-order valence-corrected chi connectivity index (χ0v) is 14.5. The molecule has 0 aromatic carbocycles. The van der Waals surface area contributed by atoms with E-state index in [2.05, 4.69) is 18.6 Å². The number of hydrogen-bond acceptors (Lipinski definition) is 3. The van der Waals surface area contributed by atoms with Crippen molar-refractivity contribution in [3.05, 3.63) is 0 Å². The van der Waals surface area contributed by atoms with Crippen molar-refractivity contribution in [1.82, 2.24) is 4.72 Å². The Morgan fingerprint density at radius 3 is 2.00 bits per heavy atom. The summed E-state index contributed by atoms with van der Waals surface area (Å²) >= 11 is 0. The summed E-state index contributed by atoms with van der Waals surface area (Å²) in [5.41, 5.74) is 5.20. The molecule has 0 saturated heterocycles. The van der Waals surface area contributed by atoms with E-state index in [1.54, 1.807) is 0 Å². The normalized spacial score (nSPS) is 15.4. The average molecular weight is 315 g/mol. The van der Waals surface area contributed by atoms with Crippen molar-refractivity contribution in [2.24, 2.45) is 17.6 Å². The van der Waals surface area contributed by atoms with Crippen molar-refractivity contribution >= 4 is 22.4 Å². The van der Waals surface area contributed by atoms with E-state index in [4.69, 9.17) is 5.73 Å². The minimum atomic E-state index is -3.25. The molecule has 19 heavy (non-hydrogen) atoms. The smallest absolute Gasteiger partial charge is 0.212 e. The largest absolute Gasteiger partial charge is 0.329 e. The molecule has 4 nitrogen and oxygen atoms in total. The molecular formula is C13H31ClN2O2S. The second kappa shape index (κ2) is 9.16. The van der Waals surface area contributed by atoms with Gasteiger partial charge in [0.2, 0.25) is 10.0 Å². The summed E-state index contributed by atoms with van der Waals surface area (Å²) in [4.78, 5) is 0. The second-order valence-corrected chi connectivity index (χ2v) is 7.70. The lowest BCUT2D eigenvalue weighted by atomic mass is 9.92. The van der Waals surface area contributed by atoms with Crippen LogP contribution < -0.4 is 10.5 Å². The first-order valence-corrected chi connectivity index (χ1v) is 8.55. The minimum absolute atomic E-state index is 0. The highest BCUT2D eigenvalue weighted by Crippen LogP contribution is 2.18. The van der Waals surface area contributed by atoms with Crippen LogP contribution in [0.4, 0.5) is 0 Å². The number of hydrogen-bond donors (Lipinski definition) is 2. The Morgan fingerprint density at radius 2 is 1.68 bits per heavy atom. The molecule has 0 fully saturated rings. The molecule has 0 radical (unpaired) electrons. The topological polar surface area (TPSA) is 72.2 Å². The van der Waals surface area contributed by atoms with Gasteiger partial charge in [-0.3, -0.25) is 0 Å². The van der Waals surface area contributed by atoms with Gasteiger partial charge in [0.05, 0.1) is 5.75 Å². The van der Waals surface area contributed by atoms with Gasteiger partial charge in [-0.2, -0.15) is 0 Å². The van der Waals surface area contributed by atoms with Gasteiger partial charge >= 0.3 is 0 Å². The number of halogens is 1. The summed E-state index contributed by atoms with van der Waals surface area (Å²) < 4.78 is 27.1. The van der Waals surface area contributed by atoms with E-state index < -0.39 is 15.6 Å². The highest BCUT2D eigenvalue weighted by molar-refractivity contribution is 7.89. The van der Waals surface area contributed by atoms with Gasteiger partial charge in [0.1, 0.15) is 0 Å². The molecule has 0 spiro atoms. The van der Waals surface area contributed by atoms with Crippen molar-refractivity contribution in [3.8, 4) is 0 Å². The molecule has 0 aliphatic heterocycles. The van der Waals surface area contributed by atoms with Crippen molar-refractivity contribution < 1.29 is 8.42 Å². The SMILES string of the molecule is CCC(CC)CS(=O)(=O)NC(C)(CN)CC(C)C.Cl. The minimum Gasteiger partial charge on any atom is -0.329 e. The maximum absolute atomic E-state index is 12.1. The van der Waals surface area contributed by atoms with Gasteiger partial charge in [0.25, 0.3) is 0 Å². The molecule has 0 aromatic heterocycles. The van der Waals surface area contributed by atoms with E-state index in [1.165, 1.54) is 0 Å². The molecule has 0 aromatic rings. The fraction of sp³-hybridized carbons (Fsp3) is 1.00. The predicted molar refractivity (Wildman–Crippen MR) is 85.2 cm³/mol. The fourth-order valence-electron chi connectivity index (χ4n) is 2.32. The van der Waals surface area contributed by atoms with Crippen molar-refractivity contribution in [3.63, 3.8) is 0 Å². The quantitative estimate of drug-likeness (QED) is 0.687. The highest BCUT2D eigenvalue weighted by atomic mass is 35.5. The molecule has 3 N–H and O–H groups in total. The molecule has 1 unspecified atom stereocenters. The second-order valence-electron chi connectivity index (χ2n) is 5.93. The van der Waals surface area contributed by atoms with Crippen LogP contribution in [0, 0.1) is 11.8 Å². The third-order valence-electron chi connectivity index (χ3n) is 3.32. The average Bonchev–Trinajstić information content (AvgIpc) is 2.24. The Morgan fingerprint density at radius 1 is 1.21 bits per heavy atom. The summed E-state index contributed by atoms with van der Waals surface area (Å²) in [6.07, 6.45) is 2.54. The first-order chi connectivity index (χ1) is 8.18. The predicted octanol–water partition coefficient (Wildman–Crippen LogP) is 2.53. The maximum Gasteiger partial charge on any atom is 0.212 e. The molecule has 1 atom stereocenters. The van der Waals surface area contributed by atoms with E-state index >= 15 is 0 Å². The van der Waals surface area contributed by atoms with Crippen molar-refractivity contribution in [2.75, 3.05) is 12.3 Å². The van der Waals surface area contributed by atoms with Crippen LogP contribution in [0.3, 0.4) is 0 Å². The van der Waals surface area contributed by atoms with Crippen LogP contribution >= 0.6 is 12.4 Å². The van der Waals surface area contributed by atoms with E-state index in [-0.39, 0.29) is 24.1 Å². The van der Waals surface area contributed by atoms with E-state index in [1.807, 2.05) is 20.8 Å². The van der Waals surface area contributed by atoms with Crippen LogP contribution in [0.15, 0.2) is 0 Å². The zero-order valence-electron chi connectivity index (χ0n) is 12.9. The Bertz CT molecular complexity index is 330. The van der Waals surface area contributed by atoms with Crippen LogP contribution in [0.25, 0.3) is 0 Å². The monoisotopic (exact) mass is 314 g/mol. The molecule has 6 heteroatoms. The lowest BCUT2D eigenvalue weighted by Crippen LogP contribution is -2.53. The lowest BCUT2D eigenvalue weighted by molar-refractivity contribution is 0.343. The Hall–Kier alpha value is 0.160. The molecule has 0 rings (SSSR count). The molecule has 0 amide bonds. The van der Waals surface area contributed by atoms with Crippen molar-refractivity contribution in [2.45, 2.75) is 59.4 Å². The summed E-state index contributed by atoms with van der Waals surface area (Å²) in [5, 5.41) is 0. The van der Waals surface area contributed by atoms with Gasteiger partial charge < -0.3 is 5.73 Å². The molecule has 118 valence electrons. The van der Waals surface area contributed by atoms with Crippen LogP contribution in [0.5, 0.6) is 0 Å². The zero-order chi connectivity index (χ0) is 14.4. The van der Waals surface area contributed by atoms with Gasteiger partial charge in [-0.15, -0.1) is 12.4 Å². The third-order valence-corrected chi connectivity index (χ3v) is 5.04. The number of nitrogens with one attached hydrogen (secondary N) is 1. The molecule has 0 bridgehead atoms. The standard InChI is InChI=1S/C13H30N2O2S.ClH/c1-6-12(7-2)9-18(16,17)15-13(5,10-14)8-11(3)4;/h11-12,15H,6-10,14H2,1-5H3;1H. The van der Waals surface area contributed by atoms with Crippen LogP contribution in [-0.2, 0) is 10.0 Å². The summed E-state index contributed by atoms with van der Waals surface area (Å²) in [5.74, 6) is 0.839. The van der Waals surface area contributed by atoms with Gasteiger partial charge in [-0.1, -0.05) is 40.5 Å². The van der Waals surface area contributed by atoms with E-state index in [0.29, 0.717) is 12.5 Å². The molecular weight excluding hydrogens is 284 g/mol. The van der Waals surface area contributed by atoms with Crippen LogP contribution in [-0.4, -0.2) is 26.3 Å². The van der Waals surface area contributed by atoms with Crippen LogP contribution in [0.1, 0.15) is 53.9 Å². The molecule has 0 saturated carbocycles. The van der Waals surface area contributed by atoms with Crippen molar-refractivity contribution in [1.29, 1.82) is 0 Å².